The van der Waals surface area contributed by atoms with Crippen molar-refractivity contribution in [2.75, 3.05) is 0 Å². The number of rotatable bonds is 6. The van der Waals surface area contributed by atoms with Crippen molar-refractivity contribution in [2.24, 2.45) is 0 Å². The van der Waals surface area contributed by atoms with Crippen LogP contribution in [-0.2, 0) is 22.0 Å². The lowest BCUT2D eigenvalue weighted by Crippen LogP contribution is -2.24. The molecule has 0 aliphatic rings. The van der Waals surface area contributed by atoms with E-state index in [1.807, 2.05) is 24.3 Å². The summed E-state index contributed by atoms with van der Waals surface area (Å²) in [7, 11) is -4.13. The summed E-state index contributed by atoms with van der Waals surface area (Å²) in [6, 6.07) is 12.8. The van der Waals surface area contributed by atoms with Crippen molar-refractivity contribution < 1.29 is 17.9 Å². The van der Waals surface area contributed by atoms with Gasteiger partial charge in [0.1, 0.15) is 0 Å². The fraction of sp³-hybridized carbons (Fsp3) is 0.263. The third kappa shape index (κ3) is 4.66. The van der Waals surface area contributed by atoms with Gasteiger partial charge in [0.25, 0.3) is 5.69 Å². The number of nitro groups is 1. The van der Waals surface area contributed by atoms with E-state index in [0.29, 0.717) is 5.82 Å². The molecule has 152 valence electrons. The third-order valence-corrected chi connectivity index (χ3v) is 5.69. The first-order chi connectivity index (χ1) is 13.6. The van der Waals surface area contributed by atoms with E-state index in [-0.39, 0.29) is 17.9 Å². The minimum atomic E-state index is -4.13. The lowest BCUT2D eigenvalue weighted by Gasteiger charge is -2.18. The number of nitro benzene ring substituents is 1. The first-order valence-electron chi connectivity index (χ1n) is 8.74. The van der Waals surface area contributed by atoms with Crippen LogP contribution in [0.15, 0.2) is 57.9 Å². The molecule has 0 saturated carbocycles. The number of hydrogen-bond acceptors (Lipinski definition) is 7. The second-order valence-electron chi connectivity index (χ2n) is 7.39. The third-order valence-electron chi connectivity index (χ3n) is 4.24. The van der Waals surface area contributed by atoms with Crippen LogP contribution in [0.1, 0.15) is 32.2 Å². The standard InChI is InChI=1S/C19H20N4O5S/c1-19(2,3)14-10-8-13(9-11-14)18-21-17(28-22-18)12-20-29(26,27)16-7-5-4-6-15(16)23(24)25/h4-11,20H,12H2,1-3H3. The van der Waals surface area contributed by atoms with Gasteiger partial charge in [-0.2, -0.15) is 4.98 Å². The summed E-state index contributed by atoms with van der Waals surface area (Å²) >= 11 is 0. The smallest absolute Gasteiger partial charge is 0.289 e. The normalized spacial score (nSPS) is 12.1. The number of benzene rings is 2. The minimum Gasteiger partial charge on any atom is -0.338 e. The van der Waals surface area contributed by atoms with Crippen LogP contribution in [0.2, 0.25) is 0 Å². The fourth-order valence-corrected chi connectivity index (χ4v) is 3.78. The van der Waals surface area contributed by atoms with Crippen LogP contribution in [0.25, 0.3) is 11.4 Å². The monoisotopic (exact) mass is 416 g/mol. The molecule has 10 heteroatoms. The molecule has 0 atom stereocenters. The molecule has 9 nitrogen and oxygen atoms in total. The van der Waals surface area contributed by atoms with Gasteiger partial charge >= 0.3 is 0 Å². The van der Waals surface area contributed by atoms with Crippen LogP contribution in [0.5, 0.6) is 0 Å². The Morgan fingerprint density at radius 1 is 1.10 bits per heavy atom. The molecule has 0 fully saturated rings. The number of aromatic nitrogens is 2. The maximum Gasteiger partial charge on any atom is 0.289 e. The highest BCUT2D eigenvalue weighted by Crippen LogP contribution is 2.25. The van der Waals surface area contributed by atoms with E-state index in [9.17, 15) is 18.5 Å². The molecule has 1 N–H and O–H groups in total. The molecule has 0 amide bonds. The maximum absolute atomic E-state index is 12.4. The van der Waals surface area contributed by atoms with Crippen molar-refractivity contribution in [3.8, 4) is 11.4 Å². The summed E-state index contributed by atoms with van der Waals surface area (Å²) in [5.41, 5.74) is 1.39. The van der Waals surface area contributed by atoms with Crippen LogP contribution in [0.3, 0.4) is 0 Å². The summed E-state index contributed by atoms with van der Waals surface area (Å²) in [5, 5.41) is 14.9. The van der Waals surface area contributed by atoms with Gasteiger partial charge in [0.2, 0.25) is 21.7 Å². The fourth-order valence-electron chi connectivity index (χ4n) is 2.63. The second kappa shape index (κ2) is 7.72. The molecule has 0 unspecified atom stereocenters. The van der Waals surface area contributed by atoms with Crippen LogP contribution in [-0.4, -0.2) is 23.5 Å². The molecule has 0 aliphatic carbocycles. The average Bonchev–Trinajstić information content (AvgIpc) is 3.15. The van der Waals surface area contributed by atoms with E-state index in [2.05, 4.69) is 35.6 Å². The van der Waals surface area contributed by atoms with Crippen molar-refractivity contribution in [1.82, 2.24) is 14.9 Å². The van der Waals surface area contributed by atoms with Gasteiger partial charge in [-0.25, -0.2) is 13.1 Å². The average molecular weight is 416 g/mol. The van der Waals surface area contributed by atoms with Gasteiger partial charge < -0.3 is 4.52 Å². The Bertz CT molecular complexity index is 1130. The van der Waals surface area contributed by atoms with Crippen molar-refractivity contribution >= 4 is 15.7 Å². The lowest BCUT2D eigenvalue weighted by atomic mass is 9.87. The van der Waals surface area contributed by atoms with Gasteiger partial charge in [0.05, 0.1) is 11.5 Å². The molecule has 0 aliphatic heterocycles. The zero-order chi connectivity index (χ0) is 21.2. The van der Waals surface area contributed by atoms with Gasteiger partial charge in [0, 0.05) is 11.6 Å². The SMILES string of the molecule is CC(C)(C)c1ccc(-c2noc(CNS(=O)(=O)c3ccccc3[N+](=O)[O-])n2)cc1. The molecule has 2 aromatic carbocycles. The number of hydrogen-bond donors (Lipinski definition) is 1. The molecular weight excluding hydrogens is 396 g/mol. The van der Waals surface area contributed by atoms with Crippen molar-refractivity contribution in [3.63, 3.8) is 0 Å². The number of sulfonamides is 1. The molecular formula is C19H20N4O5S. The zero-order valence-electron chi connectivity index (χ0n) is 16.1. The van der Waals surface area contributed by atoms with E-state index >= 15 is 0 Å². The zero-order valence-corrected chi connectivity index (χ0v) is 16.9. The largest absolute Gasteiger partial charge is 0.338 e. The van der Waals surface area contributed by atoms with Gasteiger partial charge in [0.15, 0.2) is 4.90 Å². The van der Waals surface area contributed by atoms with Crippen molar-refractivity contribution in [3.05, 3.63) is 70.1 Å². The number of nitrogens with zero attached hydrogens (tertiary/aromatic N) is 3. The second-order valence-corrected chi connectivity index (χ2v) is 9.12. The summed E-state index contributed by atoms with van der Waals surface area (Å²) < 4.78 is 32.2. The summed E-state index contributed by atoms with van der Waals surface area (Å²) in [5.74, 6) is 0.368. The van der Waals surface area contributed by atoms with Crippen LogP contribution in [0.4, 0.5) is 5.69 Å². The summed E-state index contributed by atoms with van der Waals surface area (Å²) in [4.78, 5) is 14.1. The number of para-hydroxylation sites is 1. The molecule has 1 aromatic heterocycles. The summed E-state index contributed by atoms with van der Waals surface area (Å²) in [6.07, 6.45) is 0. The van der Waals surface area contributed by atoms with E-state index in [4.69, 9.17) is 4.52 Å². The maximum atomic E-state index is 12.4. The Balaban J connectivity index is 1.75. The highest BCUT2D eigenvalue weighted by atomic mass is 32.2. The molecule has 0 radical (unpaired) electrons. The first kappa shape index (κ1) is 20.6. The molecule has 1 heterocycles. The molecule has 0 spiro atoms. The van der Waals surface area contributed by atoms with E-state index in [1.54, 1.807) is 0 Å². The topological polar surface area (TPSA) is 128 Å². The Labute approximate surface area is 168 Å². The van der Waals surface area contributed by atoms with Crippen LogP contribution >= 0.6 is 0 Å². The van der Waals surface area contributed by atoms with Crippen molar-refractivity contribution in [2.45, 2.75) is 37.6 Å². The molecule has 29 heavy (non-hydrogen) atoms. The van der Waals surface area contributed by atoms with E-state index < -0.39 is 25.5 Å². The van der Waals surface area contributed by atoms with E-state index in [0.717, 1.165) is 23.3 Å². The molecule has 0 bridgehead atoms. The van der Waals surface area contributed by atoms with Gasteiger partial charge in [-0.05, 0) is 17.0 Å². The van der Waals surface area contributed by atoms with Crippen LogP contribution < -0.4 is 4.72 Å². The highest BCUT2D eigenvalue weighted by Gasteiger charge is 2.25. The minimum absolute atomic E-state index is 0.0132. The number of nitrogens with one attached hydrogen (secondary N) is 1. The quantitative estimate of drug-likeness (QED) is 0.481. The van der Waals surface area contributed by atoms with Gasteiger partial charge in [-0.15, -0.1) is 0 Å². The molecule has 3 rings (SSSR count). The Hall–Kier alpha value is -3.11. The predicted octanol–water partition coefficient (Wildman–Crippen LogP) is 3.42. The van der Waals surface area contributed by atoms with E-state index in [1.165, 1.54) is 12.1 Å². The molecule has 3 aromatic rings. The Morgan fingerprint density at radius 2 is 1.76 bits per heavy atom. The Kier molecular flexibility index (Phi) is 5.49. The predicted molar refractivity (Wildman–Crippen MR) is 106 cm³/mol. The summed E-state index contributed by atoms with van der Waals surface area (Å²) in [6.45, 7) is 6.04. The highest BCUT2D eigenvalue weighted by molar-refractivity contribution is 7.89. The van der Waals surface area contributed by atoms with Crippen LogP contribution in [0, 0.1) is 10.1 Å². The lowest BCUT2D eigenvalue weighted by molar-refractivity contribution is -0.387. The molecule has 0 saturated heterocycles. The first-order valence-corrected chi connectivity index (χ1v) is 10.2. The van der Waals surface area contributed by atoms with Gasteiger partial charge in [-0.3, -0.25) is 10.1 Å². The van der Waals surface area contributed by atoms with Gasteiger partial charge in [-0.1, -0.05) is 62.3 Å². The van der Waals surface area contributed by atoms with Crippen molar-refractivity contribution in [1.29, 1.82) is 0 Å². The Morgan fingerprint density at radius 3 is 2.38 bits per heavy atom.